The molecule has 1 unspecified atom stereocenters. The zero-order valence-corrected chi connectivity index (χ0v) is 13.1. The van der Waals surface area contributed by atoms with E-state index >= 15 is 0 Å². The first-order chi connectivity index (χ1) is 9.51. The van der Waals surface area contributed by atoms with Crippen molar-refractivity contribution in [2.45, 2.75) is 13.0 Å². The molecule has 1 aromatic carbocycles. The lowest BCUT2D eigenvalue weighted by Gasteiger charge is -2.14. The molecule has 0 bridgehead atoms. The molecule has 2 aromatic rings. The first-order valence-corrected chi connectivity index (χ1v) is 7.35. The molecular weight excluding hydrogens is 319 g/mol. The van der Waals surface area contributed by atoms with E-state index in [9.17, 15) is 4.79 Å². The van der Waals surface area contributed by atoms with Crippen LogP contribution in [-0.4, -0.2) is 23.2 Å². The van der Waals surface area contributed by atoms with Crippen molar-refractivity contribution < 1.29 is 4.79 Å². The quantitative estimate of drug-likeness (QED) is 0.901. The van der Waals surface area contributed by atoms with Gasteiger partial charge >= 0.3 is 0 Å². The largest absolute Gasteiger partial charge is 0.363 e. The van der Waals surface area contributed by atoms with Crippen molar-refractivity contribution in [3.8, 4) is 0 Å². The van der Waals surface area contributed by atoms with Crippen molar-refractivity contribution in [3.63, 3.8) is 0 Å². The lowest BCUT2D eigenvalue weighted by Crippen LogP contribution is -2.26. The predicted octanol–water partition coefficient (Wildman–Crippen LogP) is 3.38. The van der Waals surface area contributed by atoms with Gasteiger partial charge in [-0.25, -0.2) is 0 Å². The third-order valence-corrected chi connectivity index (χ3v) is 4.11. The molecule has 0 radical (unpaired) electrons. The maximum Gasteiger partial charge on any atom is 0.282 e. The van der Waals surface area contributed by atoms with Gasteiger partial charge in [0.25, 0.3) is 5.91 Å². The van der Waals surface area contributed by atoms with Gasteiger partial charge in [0.2, 0.25) is 10.1 Å². The fourth-order valence-corrected chi connectivity index (χ4v) is 2.78. The number of amides is 1. The summed E-state index contributed by atoms with van der Waals surface area (Å²) < 4.78 is 0. The van der Waals surface area contributed by atoms with Gasteiger partial charge in [0.15, 0.2) is 0 Å². The Morgan fingerprint density at radius 1 is 1.35 bits per heavy atom. The van der Waals surface area contributed by atoms with Crippen LogP contribution in [-0.2, 0) is 0 Å². The van der Waals surface area contributed by atoms with Crippen LogP contribution in [0, 0.1) is 0 Å². The molecule has 1 aromatic heterocycles. The van der Waals surface area contributed by atoms with E-state index in [1.54, 1.807) is 25.2 Å². The summed E-state index contributed by atoms with van der Waals surface area (Å²) >= 11 is 13.1. The molecule has 0 saturated heterocycles. The molecule has 2 rings (SSSR count). The molecule has 1 atom stereocenters. The maximum absolute atomic E-state index is 12.0. The van der Waals surface area contributed by atoms with Crippen LogP contribution in [0.25, 0.3) is 0 Å². The molecule has 0 fully saturated rings. The molecular formula is C12H12Cl2N4OS. The number of halogens is 2. The fraction of sp³-hybridized carbons (Fsp3) is 0.250. The summed E-state index contributed by atoms with van der Waals surface area (Å²) in [4.78, 5) is 12.0. The topological polar surface area (TPSA) is 66.9 Å². The first-order valence-electron chi connectivity index (χ1n) is 5.78. The fourth-order valence-electron chi connectivity index (χ4n) is 1.60. The minimum absolute atomic E-state index is 0.255. The second kappa shape index (κ2) is 6.39. The van der Waals surface area contributed by atoms with E-state index in [-0.39, 0.29) is 11.9 Å². The van der Waals surface area contributed by atoms with E-state index in [1.807, 2.05) is 6.92 Å². The number of nitrogens with zero attached hydrogens (tertiary/aromatic N) is 2. The highest BCUT2D eigenvalue weighted by molar-refractivity contribution is 7.17. The van der Waals surface area contributed by atoms with Gasteiger partial charge < -0.3 is 10.6 Å². The molecule has 2 N–H and O–H groups in total. The molecule has 1 amide bonds. The minimum atomic E-state index is -0.289. The van der Waals surface area contributed by atoms with Crippen LogP contribution in [0.15, 0.2) is 18.2 Å². The van der Waals surface area contributed by atoms with E-state index < -0.39 is 0 Å². The second-order valence-corrected chi connectivity index (χ2v) is 5.84. The average Bonchev–Trinajstić information content (AvgIpc) is 2.87. The summed E-state index contributed by atoms with van der Waals surface area (Å²) in [6.07, 6.45) is 0. The third-order valence-electron chi connectivity index (χ3n) is 2.61. The molecule has 0 saturated carbocycles. The highest BCUT2D eigenvalue weighted by atomic mass is 35.5. The number of benzene rings is 1. The molecule has 5 nitrogen and oxygen atoms in total. The number of nitrogens with one attached hydrogen (secondary N) is 2. The van der Waals surface area contributed by atoms with Crippen LogP contribution in [0.4, 0.5) is 5.13 Å². The highest BCUT2D eigenvalue weighted by Crippen LogP contribution is 2.26. The van der Waals surface area contributed by atoms with Gasteiger partial charge in [0, 0.05) is 17.1 Å². The smallest absolute Gasteiger partial charge is 0.282 e. The van der Waals surface area contributed by atoms with Crippen LogP contribution < -0.4 is 10.6 Å². The number of hydrogen-bond donors (Lipinski definition) is 2. The van der Waals surface area contributed by atoms with Crippen molar-refractivity contribution in [2.24, 2.45) is 0 Å². The van der Waals surface area contributed by atoms with Gasteiger partial charge in [-0.2, -0.15) is 0 Å². The minimum Gasteiger partial charge on any atom is -0.363 e. The monoisotopic (exact) mass is 330 g/mol. The summed E-state index contributed by atoms with van der Waals surface area (Å²) in [7, 11) is 1.72. The van der Waals surface area contributed by atoms with Crippen LogP contribution in [0.2, 0.25) is 10.0 Å². The second-order valence-electron chi connectivity index (χ2n) is 4.02. The van der Waals surface area contributed by atoms with Gasteiger partial charge in [-0.05, 0) is 24.6 Å². The SMILES string of the molecule is CNc1nnc(C(=O)NC(C)c2ccc(Cl)cc2Cl)s1. The third kappa shape index (κ3) is 3.39. The van der Waals surface area contributed by atoms with Gasteiger partial charge in [-0.3, -0.25) is 4.79 Å². The van der Waals surface area contributed by atoms with Crippen molar-refractivity contribution >= 4 is 45.6 Å². The number of aromatic nitrogens is 2. The average molecular weight is 331 g/mol. The Morgan fingerprint density at radius 2 is 2.10 bits per heavy atom. The van der Waals surface area contributed by atoms with Crippen LogP contribution in [0.3, 0.4) is 0 Å². The zero-order valence-electron chi connectivity index (χ0n) is 10.8. The molecule has 20 heavy (non-hydrogen) atoms. The Morgan fingerprint density at radius 3 is 2.70 bits per heavy atom. The van der Waals surface area contributed by atoms with Crippen molar-refractivity contribution in [1.82, 2.24) is 15.5 Å². The molecule has 1 heterocycles. The van der Waals surface area contributed by atoms with Gasteiger partial charge in [-0.1, -0.05) is 40.6 Å². The van der Waals surface area contributed by atoms with E-state index in [4.69, 9.17) is 23.2 Å². The number of carbonyl (C=O) groups is 1. The number of hydrogen-bond acceptors (Lipinski definition) is 5. The van der Waals surface area contributed by atoms with Gasteiger partial charge in [0.1, 0.15) is 0 Å². The Labute approximate surface area is 130 Å². The predicted molar refractivity (Wildman–Crippen MR) is 81.8 cm³/mol. The molecule has 0 aliphatic heterocycles. The van der Waals surface area contributed by atoms with Gasteiger partial charge in [-0.15, -0.1) is 10.2 Å². The molecule has 106 valence electrons. The number of carbonyl (C=O) groups excluding carboxylic acids is 1. The summed E-state index contributed by atoms with van der Waals surface area (Å²) in [6, 6.07) is 4.91. The van der Waals surface area contributed by atoms with E-state index in [0.29, 0.717) is 20.2 Å². The zero-order chi connectivity index (χ0) is 14.7. The van der Waals surface area contributed by atoms with Crippen molar-refractivity contribution in [2.75, 3.05) is 12.4 Å². The normalized spacial score (nSPS) is 12.0. The van der Waals surface area contributed by atoms with Crippen molar-refractivity contribution in [1.29, 1.82) is 0 Å². The summed E-state index contributed by atoms with van der Waals surface area (Å²) in [5.41, 5.74) is 0.794. The Balaban J connectivity index is 2.10. The van der Waals surface area contributed by atoms with Crippen LogP contribution >= 0.6 is 34.5 Å². The highest BCUT2D eigenvalue weighted by Gasteiger charge is 2.17. The van der Waals surface area contributed by atoms with Crippen LogP contribution in [0.5, 0.6) is 0 Å². The van der Waals surface area contributed by atoms with E-state index in [1.165, 1.54) is 11.3 Å². The van der Waals surface area contributed by atoms with E-state index in [2.05, 4.69) is 20.8 Å². The number of anilines is 1. The van der Waals surface area contributed by atoms with E-state index in [0.717, 1.165) is 5.56 Å². The first kappa shape index (κ1) is 15.0. The van der Waals surface area contributed by atoms with Crippen LogP contribution in [0.1, 0.15) is 28.3 Å². The van der Waals surface area contributed by atoms with Gasteiger partial charge in [0.05, 0.1) is 6.04 Å². The lowest BCUT2D eigenvalue weighted by atomic mass is 10.1. The standard InChI is InChI=1S/C12H12Cl2N4OS/c1-6(8-4-3-7(13)5-9(8)14)16-10(19)11-17-18-12(15-2)20-11/h3-6H,1-2H3,(H,15,18)(H,16,19). The number of rotatable bonds is 4. The molecule has 0 aliphatic rings. The molecule has 0 spiro atoms. The Bertz CT molecular complexity index is 632. The molecule has 0 aliphatic carbocycles. The Hall–Kier alpha value is -1.37. The van der Waals surface area contributed by atoms with Crippen molar-refractivity contribution in [3.05, 3.63) is 38.8 Å². The summed E-state index contributed by atoms with van der Waals surface area (Å²) in [6.45, 7) is 1.84. The summed E-state index contributed by atoms with van der Waals surface area (Å²) in [5.74, 6) is -0.289. The lowest BCUT2D eigenvalue weighted by molar-refractivity contribution is 0.0939. The molecule has 8 heteroatoms. The maximum atomic E-state index is 12.0. The Kier molecular flexibility index (Phi) is 4.80. The summed E-state index contributed by atoms with van der Waals surface area (Å²) in [5, 5.41) is 15.2.